The fraction of sp³-hybridized carbons (Fsp3) is 0.259. The van der Waals surface area contributed by atoms with Gasteiger partial charge in [0.05, 0.1) is 12.3 Å². The Balaban J connectivity index is 1.47. The Hall–Kier alpha value is -3.58. The summed E-state index contributed by atoms with van der Waals surface area (Å²) in [5, 5.41) is 5.91. The van der Waals surface area contributed by atoms with Crippen LogP contribution in [0.1, 0.15) is 30.6 Å². The van der Waals surface area contributed by atoms with Crippen LogP contribution in [0.2, 0.25) is 0 Å². The summed E-state index contributed by atoms with van der Waals surface area (Å²) >= 11 is 5.33. The number of anilines is 1. The number of hydrogen-bond acceptors (Lipinski definition) is 5. The fourth-order valence-electron chi connectivity index (χ4n) is 2.97. The van der Waals surface area contributed by atoms with E-state index in [1.165, 1.54) is 0 Å². The number of nitrogens with one attached hydrogen (secondary N) is 2. The van der Waals surface area contributed by atoms with Gasteiger partial charge in [0, 0.05) is 5.56 Å². The Bertz CT molecular complexity index is 1060. The number of para-hydroxylation sites is 3. The van der Waals surface area contributed by atoms with E-state index < -0.39 is 0 Å². The second-order valence-corrected chi connectivity index (χ2v) is 8.38. The highest BCUT2D eigenvalue weighted by molar-refractivity contribution is 7.80. The summed E-state index contributed by atoms with van der Waals surface area (Å²) in [7, 11) is 0. The van der Waals surface area contributed by atoms with Gasteiger partial charge < -0.3 is 19.5 Å². The predicted octanol–water partition coefficient (Wildman–Crippen LogP) is 5.70. The average Bonchev–Trinajstić information content (AvgIpc) is 2.83. The zero-order chi connectivity index (χ0) is 24.2. The molecule has 3 rings (SSSR count). The molecule has 3 aromatic rings. The Morgan fingerprint density at radius 3 is 2.15 bits per heavy atom. The minimum atomic E-state index is -0.305. The largest absolute Gasteiger partial charge is 0.494 e. The summed E-state index contributed by atoms with van der Waals surface area (Å²) < 4.78 is 17.2. The SMILES string of the molecule is CC(C)CCOc1ccc(C(=O)NC(=S)Nc2ccccc2OCCOc2ccccc2)cc1. The van der Waals surface area contributed by atoms with Crippen molar-refractivity contribution in [2.75, 3.05) is 25.1 Å². The van der Waals surface area contributed by atoms with Gasteiger partial charge in [-0.25, -0.2) is 0 Å². The number of ether oxygens (including phenoxy) is 3. The van der Waals surface area contributed by atoms with E-state index in [1.807, 2.05) is 54.6 Å². The summed E-state index contributed by atoms with van der Waals surface area (Å²) in [5.74, 6) is 2.41. The predicted molar refractivity (Wildman–Crippen MR) is 139 cm³/mol. The molecule has 6 nitrogen and oxygen atoms in total. The molecule has 0 aliphatic heterocycles. The number of thiocarbonyl (C=S) groups is 1. The van der Waals surface area contributed by atoms with Crippen molar-refractivity contribution in [3.05, 3.63) is 84.4 Å². The summed E-state index contributed by atoms with van der Waals surface area (Å²) in [6.07, 6.45) is 0.980. The summed E-state index contributed by atoms with van der Waals surface area (Å²) in [5.41, 5.74) is 1.14. The van der Waals surface area contributed by atoms with E-state index in [1.54, 1.807) is 24.3 Å². The molecule has 0 saturated heterocycles. The topological polar surface area (TPSA) is 68.8 Å². The molecule has 3 aromatic carbocycles. The Morgan fingerprint density at radius 2 is 1.41 bits per heavy atom. The zero-order valence-electron chi connectivity index (χ0n) is 19.5. The van der Waals surface area contributed by atoms with Crippen molar-refractivity contribution in [3.63, 3.8) is 0 Å². The maximum absolute atomic E-state index is 12.6. The molecule has 0 atom stereocenters. The number of hydrogen-bond donors (Lipinski definition) is 2. The highest BCUT2D eigenvalue weighted by atomic mass is 32.1. The lowest BCUT2D eigenvalue weighted by molar-refractivity contribution is 0.0977. The number of carbonyl (C=O) groups excluding carboxylic acids is 1. The van der Waals surface area contributed by atoms with Crippen LogP contribution in [0.15, 0.2) is 78.9 Å². The smallest absolute Gasteiger partial charge is 0.257 e. The van der Waals surface area contributed by atoms with Crippen LogP contribution in [0.25, 0.3) is 0 Å². The van der Waals surface area contributed by atoms with Crippen LogP contribution in [0.4, 0.5) is 5.69 Å². The number of benzene rings is 3. The molecule has 7 heteroatoms. The zero-order valence-corrected chi connectivity index (χ0v) is 20.3. The Kier molecular flexibility index (Phi) is 9.73. The van der Waals surface area contributed by atoms with E-state index >= 15 is 0 Å². The first-order chi connectivity index (χ1) is 16.5. The number of rotatable bonds is 11. The van der Waals surface area contributed by atoms with E-state index in [-0.39, 0.29) is 11.0 Å². The molecule has 0 heterocycles. The fourth-order valence-corrected chi connectivity index (χ4v) is 3.17. The van der Waals surface area contributed by atoms with Gasteiger partial charge in [-0.2, -0.15) is 0 Å². The van der Waals surface area contributed by atoms with Crippen molar-refractivity contribution < 1.29 is 19.0 Å². The molecule has 0 unspecified atom stereocenters. The van der Waals surface area contributed by atoms with Gasteiger partial charge >= 0.3 is 0 Å². The van der Waals surface area contributed by atoms with Crippen LogP contribution in [0.5, 0.6) is 17.2 Å². The molecular formula is C27H30N2O4S. The maximum Gasteiger partial charge on any atom is 0.257 e. The van der Waals surface area contributed by atoms with Crippen molar-refractivity contribution in [3.8, 4) is 17.2 Å². The molecule has 0 aliphatic rings. The summed E-state index contributed by atoms with van der Waals surface area (Å²) in [6.45, 7) is 5.71. The molecular weight excluding hydrogens is 448 g/mol. The molecule has 0 aliphatic carbocycles. The second-order valence-electron chi connectivity index (χ2n) is 7.97. The third-order valence-electron chi connectivity index (χ3n) is 4.80. The van der Waals surface area contributed by atoms with E-state index in [2.05, 4.69) is 24.5 Å². The Labute approximate surface area is 206 Å². The van der Waals surface area contributed by atoms with E-state index in [4.69, 9.17) is 26.4 Å². The highest BCUT2D eigenvalue weighted by Crippen LogP contribution is 2.23. The lowest BCUT2D eigenvalue weighted by atomic mass is 10.1. The first-order valence-corrected chi connectivity index (χ1v) is 11.7. The molecule has 0 saturated carbocycles. The van der Waals surface area contributed by atoms with E-state index in [9.17, 15) is 4.79 Å². The van der Waals surface area contributed by atoms with Gasteiger partial charge in [0.1, 0.15) is 30.5 Å². The molecule has 0 fully saturated rings. The van der Waals surface area contributed by atoms with Crippen molar-refractivity contribution >= 4 is 28.9 Å². The second kappa shape index (κ2) is 13.2. The Morgan fingerprint density at radius 1 is 0.794 bits per heavy atom. The maximum atomic E-state index is 12.6. The minimum Gasteiger partial charge on any atom is -0.494 e. The van der Waals surface area contributed by atoms with Crippen LogP contribution < -0.4 is 24.8 Å². The van der Waals surface area contributed by atoms with Gasteiger partial charge in [0.2, 0.25) is 0 Å². The first kappa shape index (κ1) is 25.1. The van der Waals surface area contributed by atoms with E-state index in [0.717, 1.165) is 17.9 Å². The molecule has 0 spiro atoms. The molecule has 0 radical (unpaired) electrons. The average molecular weight is 479 g/mol. The molecule has 2 N–H and O–H groups in total. The lowest BCUT2D eigenvalue weighted by Gasteiger charge is -2.15. The van der Waals surface area contributed by atoms with Gasteiger partial charge in [-0.15, -0.1) is 0 Å². The van der Waals surface area contributed by atoms with Crippen LogP contribution in [0.3, 0.4) is 0 Å². The molecule has 0 aromatic heterocycles. The minimum absolute atomic E-state index is 0.179. The van der Waals surface area contributed by atoms with Crippen molar-refractivity contribution in [2.45, 2.75) is 20.3 Å². The van der Waals surface area contributed by atoms with Gasteiger partial charge in [-0.05, 0) is 73.1 Å². The third-order valence-corrected chi connectivity index (χ3v) is 5.00. The molecule has 1 amide bonds. The van der Waals surface area contributed by atoms with Gasteiger partial charge in [0.25, 0.3) is 5.91 Å². The van der Waals surface area contributed by atoms with Gasteiger partial charge in [-0.1, -0.05) is 44.2 Å². The van der Waals surface area contributed by atoms with Crippen molar-refractivity contribution in [2.24, 2.45) is 5.92 Å². The lowest BCUT2D eigenvalue weighted by Crippen LogP contribution is -2.34. The standard InChI is InChI=1S/C27H30N2O4S/c1-20(2)16-17-31-23-14-12-21(13-15-23)26(30)29-27(34)28-24-10-6-7-11-25(24)33-19-18-32-22-8-4-3-5-9-22/h3-15,20H,16-19H2,1-2H3,(H2,28,29,30,34). The van der Waals surface area contributed by atoms with Crippen molar-refractivity contribution in [1.82, 2.24) is 5.32 Å². The molecule has 0 bridgehead atoms. The normalized spacial score (nSPS) is 10.4. The van der Waals surface area contributed by atoms with E-state index in [0.29, 0.717) is 42.7 Å². The quantitative estimate of drug-likeness (QED) is 0.272. The highest BCUT2D eigenvalue weighted by Gasteiger charge is 2.11. The van der Waals surface area contributed by atoms with Crippen molar-refractivity contribution in [1.29, 1.82) is 0 Å². The van der Waals surface area contributed by atoms with Crippen LogP contribution in [-0.2, 0) is 0 Å². The number of amides is 1. The first-order valence-electron chi connectivity index (χ1n) is 11.3. The van der Waals surface area contributed by atoms with Crippen LogP contribution in [-0.4, -0.2) is 30.8 Å². The summed E-state index contributed by atoms with van der Waals surface area (Å²) in [6, 6.07) is 23.9. The van der Waals surface area contributed by atoms with Crippen LogP contribution in [0, 0.1) is 5.92 Å². The monoisotopic (exact) mass is 478 g/mol. The molecule has 34 heavy (non-hydrogen) atoms. The number of carbonyl (C=O) groups is 1. The van der Waals surface area contributed by atoms with Gasteiger partial charge in [0.15, 0.2) is 5.11 Å². The molecule has 178 valence electrons. The third kappa shape index (κ3) is 8.41. The van der Waals surface area contributed by atoms with Gasteiger partial charge in [-0.3, -0.25) is 10.1 Å². The summed E-state index contributed by atoms with van der Waals surface area (Å²) in [4.78, 5) is 12.6. The van der Waals surface area contributed by atoms with Crippen LogP contribution >= 0.6 is 12.2 Å².